The van der Waals surface area contributed by atoms with Gasteiger partial charge in [-0.25, -0.2) is 0 Å². The minimum atomic E-state index is -4.42. The van der Waals surface area contributed by atoms with Crippen LogP contribution in [0.2, 0.25) is 0 Å². The number of nitrogens with two attached hydrogens (primary N) is 1. The second-order valence-electron chi connectivity index (χ2n) is 3.57. The molecular formula is C11H14F3NO2. The molecule has 0 aliphatic carbocycles. The number of methoxy groups -OCH3 is 1. The number of hydrogen-bond donors (Lipinski definition) is 2. The van der Waals surface area contributed by atoms with Gasteiger partial charge in [0.05, 0.1) is 12.7 Å². The summed E-state index contributed by atoms with van der Waals surface area (Å²) in [5.41, 5.74) is 5.16. The third kappa shape index (κ3) is 3.34. The molecule has 1 aromatic carbocycles. The largest absolute Gasteiger partial charge is 0.496 e. The standard InChI is InChI=1S/C11H14F3NO2/c1-17-10-3-2-7(11(12,13)14)6-8(10)9(15)4-5-16/h2-3,6,9,16H,4-5,15H2,1H3. The molecule has 0 aromatic heterocycles. The molecule has 0 saturated carbocycles. The molecule has 0 spiro atoms. The first-order valence-electron chi connectivity index (χ1n) is 5.01. The molecular weight excluding hydrogens is 235 g/mol. The summed E-state index contributed by atoms with van der Waals surface area (Å²) in [4.78, 5) is 0. The van der Waals surface area contributed by atoms with Crippen molar-refractivity contribution in [2.45, 2.75) is 18.6 Å². The van der Waals surface area contributed by atoms with E-state index in [4.69, 9.17) is 15.6 Å². The fourth-order valence-electron chi connectivity index (χ4n) is 1.50. The van der Waals surface area contributed by atoms with Gasteiger partial charge in [0.2, 0.25) is 0 Å². The third-order valence-electron chi connectivity index (χ3n) is 2.40. The molecule has 0 heterocycles. The Morgan fingerprint density at radius 3 is 2.53 bits per heavy atom. The van der Waals surface area contributed by atoms with Crippen LogP contribution < -0.4 is 10.5 Å². The summed E-state index contributed by atoms with van der Waals surface area (Å²) in [6, 6.07) is 2.44. The highest BCUT2D eigenvalue weighted by Crippen LogP contribution is 2.34. The van der Waals surface area contributed by atoms with Crippen LogP contribution in [-0.2, 0) is 6.18 Å². The molecule has 3 nitrogen and oxygen atoms in total. The molecule has 96 valence electrons. The maximum absolute atomic E-state index is 12.5. The van der Waals surface area contributed by atoms with Gasteiger partial charge in [0.25, 0.3) is 0 Å². The van der Waals surface area contributed by atoms with E-state index in [1.807, 2.05) is 0 Å². The monoisotopic (exact) mass is 249 g/mol. The van der Waals surface area contributed by atoms with Gasteiger partial charge < -0.3 is 15.6 Å². The molecule has 0 amide bonds. The van der Waals surface area contributed by atoms with Gasteiger partial charge in [-0.2, -0.15) is 13.2 Å². The molecule has 1 rings (SSSR count). The van der Waals surface area contributed by atoms with Gasteiger partial charge in [-0.15, -0.1) is 0 Å². The lowest BCUT2D eigenvalue weighted by atomic mass is 10.0. The molecule has 0 radical (unpaired) electrons. The van der Waals surface area contributed by atoms with Crippen molar-refractivity contribution in [3.8, 4) is 5.75 Å². The normalized spacial score (nSPS) is 13.5. The zero-order valence-corrected chi connectivity index (χ0v) is 9.29. The Balaban J connectivity index is 3.15. The fourth-order valence-corrected chi connectivity index (χ4v) is 1.50. The average Bonchev–Trinajstić information content (AvgIpc) is 2.27. The first-order valence-corrected chi connectivity index (χ1v) is 5.01. The predicted molar refractivity (Wildman–Crippen MR) is 56.6 cm³/mol. The second-order valence-corrected chi connectivity index (χ2v) is 3.57. The van der Waals surface area contributed by atoms with Crippen molar-refractivity contribution in [3.63, 3.8) is 0 Å². The third-order valence-corrected chi connectivity index (χ3v) is 2.40. The summed E-state index contributed by atoms with van der Waals surface area (Å²) in [6.45, 7) is -0.194. The van der Waals surface area contributed by atoms with Crippen LogP contribution >= 0.6 is 0 Å². The van der Waals surface area contributed by atoms with E-state index in [1.54, 1.807) is 0 Å². The van der Waals surface area contributed by atoms with Gasteiger partial charge in [0.1, 0.15) is 5.75 Å². The highest BCUT2D eigenvalue weighted by molar-refractivity contribution is 5.40. The summed E-state index contributed by atoms with van der Waals surface area (Å²) >= 11 is 0. The minimum absolute atomic E-state index is 0.178. The molecule has 1 aromatic rings. The Labute approximate surface area is 97.0 Å². The molecule has 3 N–H and O–H groups in total. The summed E-state index contributed by atoms with van der Waals surface area (Å²) < 4.78 is 42.5. The van der Waals surface area contributed by atoms with Crippen molar-refractivity contribution in [1.82, 2.24) is 0 Å². The van der Waals surface area contributed by atoms with E-state index in [0.717, 1.165) is 12.1 Å². The topological polar surface area (TPSA) is 55.5 Å². The number of rotatable bonds is 4. The minimum Gasteiger partial charge on any atom is -0.496 e. The number of ether oxygens (including phenoxy) is 1. The van der Waals surface area contributed by atoms with Crippen molar-refractivity contribution < 1.29 is 23.0 Å². The van der Waals surface area contributed by atoms with Crippen molar-refractivity contribution in [2.75, 3.05) is 13.7 Å². The Hall–Kier alpha value is -1.27. The molecule has 1 unspecified atom stereocenters. The Morgan fingerprint density at radius 1 is 1.41 bits per heavy atom. The summed E-state index contributed by atoms with van der Waals surface area (Å²) in [5.74, 6) is 0.291. The maximum atomic E-state index is 12.5. The van der Waals surface area contributed by atoms with E-state index in [-0.39, 0.29) is 18.6 Å². The number of aliphatic hydroxyl groups excluding tert-OH is 1. The maximum Gasteiger partial charge on any atom is 0.416 e. The van der Waals surface area contributed by atoms with E-state index in [9.17, 15) is 13.2 Å². The number of hydrogen-bond acceptors (Lipinski definition) is 3. The van der Waals surface area contributed by atoms with Gasteiger partial charge in [-0.3, -0.25) is 0 Å². The van der Waals surface area contributed by atoms with Crippen molar-refractivity contribution in [3.05, 3.63) is 29.3 Å². The van der Waals surface area contributed by atoms with Crippen molar-refractivity contribution in [2.24, 2.45) is 5.73 Å². The molecule has 0 aliphatic rings. The highest BCUT2D eigenvalue weighted by atomic mass is 19.4. The number of alkyl halides is 3. The zero-order valence-electron chi connectivity index (χ0n) is 9.29. The molecule has 0 aliphatic heterocycles. The first kappa shape index (κ1) is 13.8. The van der Waals surface area contributed by atoms with Gasteiger partial charge in [0, 0.05) is 18.2 Å². The lowest BCUT2D eigenvalue weighted by Gasteiger charge is -2.17. The predicted octanol–water partition coefficient (Wildman–Crippen LogP) is 2.10. The summed E-state index contributed by atoms with van der Waals surface area (Å²) in [5, 5.41) is 8.75. The molecule has 6 heteroatoms. The van der Waals surface area contributed by atoms with Crippen LogP contribution in [0.5, 0.6) is 5.75 Å². The van der Waals surface area contributed by atoms with Crippen LogP contribution in [0.3, 0.4) is 0 Å². The van der Waals surface area contributed by atoms with Crippen LogP contribution in [0, 0.1) is 0 Å². The quantitative estimate of drug-likeness (QED) is 0.859. The molecule has 0 bridgehead atoms. The average molecular weight is 249 g/mol. The van der Waals surface area contributed by atoms with Crippen LogP contribution in [0.15, 0.2) is 18.2 Å². The van der Waals surface area contributed by atoms with E-state index in [2.05, 4.69) is 0 Å². The Bertz CT molecular complexity index is 379. The molecule has 0 saturated heterocycles. The number of halogens is 3. The second kappa shape index (κ2) is 5.37. The molecule has 17 heavy (non-hydrogen) atoms. The van der Waals surface area contributed by atoms with E-state index in [1.165, 1.54) is 13.2 Å². The highest BCUT2D eigenvalue weighted by Gasteiger charge is 2.31. The smallest absolute Gasteiger partial charge is 0.416 e. The summed E-state index contributed by atoms with van der Waals surface area (Å²) in [7, 11) is 1.36. The van der Waals surface area contributed by atoms with Gasteiger partial charge in [-0.1, -0.05) is 0 Å². The fraction of sp³-hybridized carbons (Fsp3) is 0.455. The van der Waals surface area contributed by atoms with Crippen LogP contribution in [0.1, 0.15) is 23.6 Å². The number of benzene rings is 1. The van der Waals surface area contributed by atoms with Crippen LogP contribution in [0.25, 0.3) is 0 Å². The van der Waals surface area contributed by atoms with Gasteiger partial charge in [0.15, 0.2) is 0 Å². The Kier molecular flexibility index (Phi) is 4.36. The van der Waals surface area contributed by atoms with E-state index < -0.39 is 17.8 Å². The Morgan fingerprint density at radius 2 is 2.06 bits per heavy atom. The summed E-state index contributed by atoms with van der Waals surface area (Å²) in [6.07, 6.45) is -4.24. The lowest BCUT2D eigenvalue weighted by Crippen LogP contribution is -2.15. The SMILES string of the molecule is COc1ccc(C(F)(F)F)cc1C(N)CCO. The van der Waals surface area contributed by atoms with Crippen molar-refractivity contribution in [1.29, 1.82) is 0 Å². The zero-order chi connectivity index (χ0) is 13.1. The van der Waals surface area contributed by atoms with Gasteiger partial charge >= 0.3 is 6.18 Å². The van der Waals surface area contributed by atoms with Crippen LogP contribution in [0.4, 0.5) is 13.2 Å². The van der Waals surface area contributed by atoms with E-state index >= 15 is 0 Å². The van der Waals surface area contributed by atoms with Crippen LogP contribution in [-0.4, -0.2) is 18.8 Å². The van der Waals surface area contributed by atoms with Crippen molar-refractivity contribution >= 4 is 0 Å². The lowest BCUT2D eigenvalue weighted by molar-refractivity contribution is -0.137. The number of aliphatic hydroxyl groups is 1. The first-order chi connectivity index (χ1) is 7.90. The molecule has 1 atom stereocenters. The van der Waals surface area contributed by atoms with E-state index in [0.29, 0.717) is 5.75 Å². The molecule has 0 fully saturated rings. The van der Waals surface area contributed by atoms with Gasteiger partial charge in [-0.05, 0) is 24.6 Å².